The summed E-state index contributed by atoms with van der Waals surface area (Å²) in [6.45, 7) is 8.74. The second-order valence-electron chi connectivity index (χ2n) is 12.7. The molecule has 240 valence electrons. The quantitative estimate of drug-likeness (QED) is 0.164. The van der Waals surface area contributed by atoms with Crippen molar-refractivity contribution >= 4 is 55.7 Å². The summed E-state index contributed by atoms with van der Waals surface area (Å²) in [6, 6.07) is 14.1. The van der Waals surface area contributed by atoms with Gasteiger partial charge in [0.1, 0.15) is 5.82 Å². The summed E-state index contributed by atoms with van der Waals surface area (Å²) in [5.74, 6) is 0.731. The SMILES string of the molecule is CC1=C(C)C(=O)C(CCCc2nc3ccc(CC4=C(C)C(=O)C(CCCc5nc6ccccc6s5)=C(C)C4=O)cc3n2C)=C(C)C1=O. The van der Waals surface area contributed by atoms with Gasteiger partial charge in [0.05, 0.1) is 26.3 Å². The fourth-order valence-electron chi connectivity index (χ4n) is 6.73. The molecule has 0 aliphatic heterocycles. The lowest BCUT2D eigenvalue weighted by Gasteiger charge is -2.21. The van der Waals surface area contributed by atoms with Gasteiger partial charge in [-0.25, -0.2) is 9.97 Å². The molecular formula is C39H39N3O4S. The molecule has 47 heavy (non-hydrogen) atoms. The van der Waals surface area contributed by atoms with E-state index in [2.05, 4.69) is 6.07 Å². The number of imidazole rings is 1. The molecule has 7 nitrogen and oxygen atoms in total. The van der Waals surface area contributed by atoms with Crippen LogP contribution in [0.25, 0.3) is 21.3 Å². The third kappa shape index (κ3) is 6.02. The van der Waals surface area contributed by atoms with Gasteiger partial charge in [-0.05, 0) is 96.6 Å². The minimum absolute atomic E-state index is 0.0313. The van der Waals surface area contributed by atoms with Crippen molar-refractivity contribution in [2.75, 3.05) is 0 Å². The second kappa shape index (κ2) is 12.9. The zero-order valence-electron chi connectivity index (χ0n) is 27.9. The van der Waals surface area contributed by atoms with Crippen LogP contribution in [0.5, 0.6) is 0 Å². The first-order chi connectivity index (χ1) is 22.5. The number of allylic oxidation sites excluding steroid dienone is 8. The lowest BCUT2D eigenvalue weighted by molar-refractivity contribution is -0.116. The Labute approximate surface area is 278 Å². The van der Waals surface area contributed by atoms with E-state index in [1.54, 1.807) is 46.0 Å². The van der Waals surface area contributed by atoms with Crippen molar-refractivity contribution in [3.05, 3.63) is 103 Å². The number of para-hydroxylation sites is 1. The Hall–Kier alpha value is -4.56. The smallest absolute Gasteiger partial charge is 0.185 e. The van der Waals surface area contributed by atoms with Crippen molar-refractivity contribution < 1.29 is 19.2 Å². The van der Waals surface area contributed by atoms with Crippen LogP contribution in [-0.4, -0.2) is 37.7 Å². The molecule has 2 heterocycles. The van der Waals surface area contributed by atoms with Crippen molar-refractivity contribution in [3.63, 3.8) is 0 Å². The monoisotopic (exact) mass is 645 g/mol. The first-order valence-electron chi connectivity index (χ1n) is 16.2. The average molecular weight is 646 g/mol. The van der Waals surface area contributed by atoms with Crippen LogP contribution >= 0.6 is 11.3 Å². The lowest BCUT2D eigenvalue weighted by atomic mass is 9.81. The van der Waals surface area contributed by atoms with Gasteiger partial charge in [-0.1, -0.05) is 18.2 Å². The maximum atomic E-state index is 13.6. The largest absolute Gasteiger partial charge is 0.331 e. The van der Waals surface area contributed by atoms with Crippen molar-refractivity contribution in [2.45, 2.75) is 79.6 Å². The normalized spacial score (nSPS) is 16.3. The number of nitrogens with zero attached hydrogens (tertiary/aromatic N) is 3. The highest BCUT2D eigenvalue weighted by atomic mass is 32.1. The molecule has 2 aromatic heterocycles. The third-order valence-corrected chi connectivity index (χ3v) is 10.9. The minimum atomic E-state index is -0.0523. The second-order valence-corrected chi connectivity index (χ2v) is 13.9. The van der Waals surface area contributed by atoms with Crippen LogP contribution in [-0.2, 0) is 45.5 Å². The fraction of sp³-hybridized carbons (Fsp3) is 0.333. The summed E-state index contributed by atoms with van der Waals surface area (Å²) >= 11 is 1.68. The summed E-state index contributed by atoms with van der Waals surface area (Å²) in [5.41, 5.74) is 8.23. The summed E-state index contributed by atoms with van der Waals surface area (Å²) < 4.78 is 3.21. The fourth-order valence-corrected chi connectivity index (χ4v) is 7.74. The molecule has 0 unspecified atom stereocenters. The molecule has 0 radical (unpaired) electrons. The predicted octanol–water partition coefficient (Wildman–Crippen LogP) is 7.66. The van der Waals surface area contributed by atoms with E-state index in [0.29, 0.717) is 76.7 Å². The average Bonchev–Trinajstić information content (AvgIpc) is 3.63. The topological polar surface area (TPSA) is 99.0 Å². The number of Topliss-reactive ketones (excluding diaryl/α,β-unsaturated/α-hetero) is 4. The number of carbonyl (C=O) groups is 4. The molecule has 2 aliphatic carbocycles. The van der Waals surface area contributed by atoms with Crippen LogP contribution in [0.2, 0.25) is 0 Å². The third-order valence-electron chi connectivity index (χ3n) is 9.85. The van der Waals surface area contributed by atoms with Gasteiger partial charge in [0, 0.05) is 64.5 Å². The van der Waals surface area contributed by atoms with E-state index in [-0.39, 0.29) is 23.1 Å². The van der Waals surface area contributed by atoms with Crippen molar-refractivity contribution in [3.8, 4) is 0 Å². The van der Waals surface area contributed by atoms with Crippen LogP contribution in [0.15, 0.2) is 87.0 Å². The molecular weight excluding hydrogens is 607 g/mol. The number of benzene rings is 2. The Morgan fingerprint density at radius 2 is 1.21 bits per heavy atom. The van der Waals surface area contributed by atoms with Gasteiger partial charge in [0.25, 0.3) is 0 Å². The van der Waals surface area contributed by atoms with Crippen LogP contribution < -0.4 is 0 Å². The molecule has 6 rings (SSSR count). The maximum absolute atomic E-state index is 13.6. The van der Waals surface area contributed by atoms with Crippen molar-refractivity contribution in [1.82, 2.24) is 14.5 Å². The Morgan fingerprint density at radius 1 is 0.617 bits per heavy atom. The van der Waals surface area contributed by atoms with Gasteiger partial charge in [-0.2, -0.15) is 0 Å². The molecule has 2 aromatic carbocycles. The van der Waals surface area contributed by atoms with Crippen LogP contribution in [0.3, 0.4) is 0 Å². The van der Waals surface area contributed by atoms with Crippen molar-refractivity contribution in [2.24, 2.45) is 7.05 Å². The molecule has 2 aliphatic rings. The van der Waals surface area contributed by atoms with Gasteiger partial charge in [-0.15, -0.1) is 11.3 Å². The van der Waals surface area contributed by atoms with Crippen molar-refractivity contribution in [1.29, 1.82) is 0 Å². The van der Waals surface area contributed by atoms with E-state index < -0.39 is 0 Å². The lowest BCUT2D eigenvalue weighted by Crippen LogP contribution is -2.23. The molecule has 0 atom stereocenters. The molecule has 8 heteroatoms. The molecule has 0 fully saturated rings. The van der Waals surface area contributed by atoms with Crippen LogP contribution in [0.4, 0.5) is 0 Å². The van der Waals surface area contributed by atoms with Gasteiger partial charge in [0.15, 0.2) is 23.1 Å². The summed E-state index contributed by atoms with van der Waals surface area (Å²) in [5, 5.41) is 1.05. The number of aromatic nitrogens is 3. The predicted molar refractivity (Wildman–Crippen MR) is 186 cm³/mol. The van der Waals surface area contributed by atoms with Gasteiger partial charge < -0.3 is 4.57 Å². The standard InChI is InChI=1S/C39H39N3O4S/c1-21-22(2)37(44)27(23(3)36(21)43)11-9-15-34-40-30-18-17-26(20-32(30)42(34)6)19-29-25(5)38(45)28(24(4)39(29)46)12-10-16-35-41-31-13-7-8-14-33(31)47-35/h7-8,13-14,17-18,20H,9-12,15-16,19H2,1-6H3. The highest BCUT2D eigenvalue weighted by molar-refractivity contribution is 7.18. The Bertz CT molecular complexity index is 2120. The Balaban J connectivity index is 1.12. The molecule has 0 amide bonds. The number of fused-ring (bicyclic) bond motifs is 2. The first-order valence-corrected chi connectivity index (χ1v) is 17.0. The van der Waals surface area contributed by atoms with E-state index in [4.69, 9.17) is 9.97 Å². The highest BCUT2D eigenvalue weighted by Crippen LogP contribution is 2.32. The molecule has 0 N–H and O–H groups in total. The van der Waals surface area contributed by atoms with E-state index in [1.807, 2.05) is 48.0 Å². The summed E-state index contributed by atoms with van der Waals surface area (Å²) in [4.78, 5) is 62.0. The number of thiazole rings is 1. The number of carbonyl (C=O) groups excluding carboxylic acids is 4. The maximum Gasteiger partial charge on any atom is 0.185 e. The number of aryl methyl sites for hydroxylation is 3. The molecule has 0 spiro atoms. The Morgan fingerprint density at radius 3 is 1.94 bits per heavy atom. The zero-order chi connectivity index (χ0) is 33.6. The van der Waals surface area contributed by atoms with Gasteiger partial charge in [-0.3, -0.25) is 19.2 Å². The van der Waals surface area contributed by atoms with E-state index in [0.717, 1.165) is 50.5 Å². The van der Waals surface area contributed by atoms with E-state index in [1.165, 1.54) is 0 Å². The highest BCUT2D eigenvalue weighted by Gasteiger charge is 2.30. The molecule has 0 saturated heterocycles. The number of hydrogen-bond donors (Lipinski definition) is 0. The number of hydrogen-bond acceptors (Lipinski definition) is 7. The van der Waals surface area contributed by atoms with Gasteiger partial charge >= 0.3 is 0 Å². The van der Waals surface area contributed by atoms with E-state index in [9.17, 15) is 19.2 Å². The Kier molecular flexibility index (Phi) is 8.90. The first kappa shape index (κ1) is 32.4. The minimum Gasteiger partial charge on any atom is -0.331 e. The summed E-state index contributed by atoms with van der Waals surface area (Å²) in [7, 11) is 1.97. The summed E-state index contributed by atoms with van der Waals surface area (Å²) in [6.07, 6.45) is 4.33. The molecule has 4 aromatic rings. The molecule has 0 saturated carbocycles. The van der Waals surface area contributed by atoms with E-state index >= 15 is 0 Å². The van der Waals surface area contributed by atoms with Crippen LogP contribution in [0.1, 0.15) is 76.7 Å². The zero-order valence-corrected chi connectivity index (χ0v) is 28.7. The van der Waals surface area contributed by atoms with Gasteiger partial charge in [0.2, 0.25) is 0 Å². The number of rotatable bonds is 10. The van der Waals surface area contributed by atoms with Crippen LogP contribution in [0, 0.1) is 0 Å². The molecule has 0 bridgehead atoms. The number of ketones is 4.